The lowest BCUT2D eigenvalue weighted by Crippen LogP contribution is -1.96. The Morgan fingerprint density at radius 1 is 1.24 bits per heavy atom. The summed E-state index contributed by atoms with van der Waals surface area (Å²) in [5.74, 6) is 0.348. The summed E-state index contributed by atoms with van der Waals surface area (Å²) in [5.41, 5.74) is 1.44. The fourth-order valence-corrected chi connectivity index (χ4v) is 2.99. The first kappa shape index (κ1) is 11.0. The Labute approximate surface area is 115 Å². The summed E-state index contributed by atoms with van der Waals surface area (Å²) < 4.78 is 6.65. The van der Waals surface area contributed by atoms with Crippen molar-refractivity contribution >= 4 is 50.7 Å². The SMILES string of the molecule is O=C(c1csc(I)c1)c1cc2ccccc2o1. The van der Waals surface area contributed by atoms with Crippen LogP contribution in [0.5, 0.6) is 0 Å². The molecule has 1 aromatic carbocycles. The van der Waals surface area contributed by atoms with Crippen molar-refractivity contribution in [2.45, 2.75) is 0 Å². The van der Waals surface area contributed by atoms with Crippen LogP contribution in [-0.4, -0.2) is 5.78 Å². The van der Waals surface area contributed by atoms with Gasteiger partial charge in [-0.2, -0.15) is 0 Å². The molecular formula is C13H7IO2S. The second-order valence-electron chi connectivity index (χ2n) is 3.62. The molecule has 2 nitrogen and oxygen atoms in total. The number of carbonyl (C=O) groups is 1. The number of halogens is 1. The molecule has 0 aliphatic heterocycles. The zero-order chi connectivity index (χ0) is 11.8. The van der Waals surface area contributed by atoms with Crippen LogP contribution >= 0.6 is 33.9 Å². The third kappa shape index (κ3) is 2.02. The molecule has 0 aliphatic carbocycles. The summed E-state index contributed by atoms with van der Waals surface area (Å²) in [6, 6.07) is 11.3. The fourth-order valence-electron chi connectivity index (χ4n) is 1.67. The van der Waals surface area contributed by atoms with Gasteiger partial charge in [-0.25, -0.2) is 0 Å². The Kier molecular flexibility index (Phi) is 2.76. The first-order valence-electron chi connectivity index (χ1n) is 5.01. The third-order valence-electron chi connectivity index (χ3n) is 2.48. The minimum absolute atomic E-state index is 0.0552. The lowest BCUT2D eigenvalue weighted by molar-refractivity contribution is 0.101. The maximum absolute atomic E-state index is 12.1. The van der Waals surface area contributed by atoms with Crippen molar-refractivity contribution in [3.05, 3.63) is 56.0 Å². The summed E-state index contributed by atoms with van der Waals surface area (Å²) in [5, 5.41) is 2.82. The van der Waals surface area contributed by atoms with Gasteiger partial charge < -0.3 is 4.42 Å². The van der Waals surface area contributed by atoms with E-state index in [2.05, 4.69) is 22.6 Å². The van der Waals surface area contributed by atoms with Crippen molar-refractivity contribution in [3.8, 4) is 0 Å². The average molecular weight is 354 g/mol. The number of rotatable bonds is 2. The summed E-state index contributed by atoms with van der Waals surface area (Å²) in [7, 11) is 0. The highest BCUT2D eigenvalue weighted by molar-refractivity contribution is 14.1. The summed E-state index contributed by atoms with van der Waals surface area (Å²) in [6.45, 7) is 0. The largest absolute Gasteiger partial charge is 0.453 e. The molecule has 0 saturated heterocycles. The van der Waals surface area contributed by atoms with E-state index in [1.165, 1.54) is 0 Å². The first-order valence-corrected chi connectivity index (χ1v) is 6.97. The number of para-hydroxylation sites is 1. The molecule has 0 amide bonds. The lowest BCUT2D eigenvalue weighted by atomic mass is 10.1. The normalized spacial score (nSPS) is 10.9. The highest BCUT2D eigenvalue weighted by Gasteiger charge is 2.15. The zero-order valence-corrected chi connectivity index (χ0v) is 11.6. The molecule has 0 aliphatic rings. The molecule has 0 fully saturated rings. The van der Waals surface area contributed by atoms with Crippen LogP contribution in [0.25, 0.3) is 11.0 Å². The second-order valence-corrected chi connectivity index (χ2v) is 6.42. The number of fused-ring (bicyclic) bond motifs is 1. The van der Waals surface area contributed by atoms with E-state index in [0.29, 0.717) is 11.3 Å². The minimum atomic E-state index is -0.0552. The van der Waals surface area contributed by atoms with Gasteiger partial charge in [0.1, 0.15) is 5.58 Å². The third-order valence-corrected chi connectivity index (χ3v) is 4.27. The van der Waals surface area contributed by atoms with Crippen LogP contribution < -0.4 is 0 Å². The Bertz CT molecular complexity index is 663. The van der Waals surface area contributed by atoms with Gasteiger partial charge in [-0.1, -0.05) is 18.2 Å². The molecule has 0 atom stereocenters. The molecule has 4 heteroatoms. The van der Waals surface area contributed by atoms with E-state index in [9.17, 15) is 4.79 Å². The van der Waals surface area contributed by atoms with Crippen LogP contribution in [0.4, 0.5) is 0 Å². The van der Waals surface area contributed by atoms with Gasteiger partial charge in [-0.15, -0.1) is 11.3 Å². The number of ketones is 1. The average Bonchev–Trinajstić information content (AvgIpc) is 2.93. The van der Waals surface area contributed by atoms with Crippen molar-refractivity contribution in [3.63, 3.8) is 0 Å². The number of furan rings is 1. The smallest absolute Gasteiger partial charge is 0.229 e. The lowest BCUT2D eigenvalue weighted by Gasteiger charge is -1.90. The van der Waals surface area contributed by atoms with E-state index in [1.54, 1.807) is 17.4 Å². The molecule has 0 unspecified atom stereocenters. The Hall–Kier alpha value is -1.14. The van der Waals surface area contributed by atoms with Gasteiger partial charge in [-0.05, 0) is 40.8 Å². The van der Waals surface area contributed by atoms with Crippen LogP contribution in [-0.2, 0) is 0 Å². The van der Waals surface area contributed by atoms with Gasteiger partial charge in [0.2, 0.25) is 5.78 Å². The highest BCUT2D eigenvalue weighted by atomic mass is 127. The maximum Gasteiger partial charge on any atom is 0.229 e. The van der Waals surface area contributed by atoms with E-state index in [-0.39, 0.29) is 5.78 Å². The number of hydrogen-bond acceptors (Lipinski definition) is 3. The molecule has 2 heterocycles. The predicted molar refractivity (Wildman–Crippen MR) is 76.7 cm³/mol. The van der Waals surface area contributed by atoms with E-state index in [4.69, 9.17) is 4.42 Å². The molecule has 84 valence electrons. The Morgan fingerprint density at radius 2 is 2.06 bits per heavy atom. The molecule has 2 aromatic heterocycles. The molecule has 0 N–H and O–H groups in total. The quantitative estimate of drug-likeness (QED) is 0.507. The number of hydrogen-bond donors (Lipinski definition) is 0. The number of benzene rings is 1. The maximum atomic E-state index is 12.1. The van der Waals surface area contributed by atoms with E-state index in [0.717, 1.165) is 13.9 Å². The first-order chi connectivity index (χ1) is 8.24. The molecule has 3 aromatic rings. The molecule has 17 heavy (non-hydrogen) atoms. The second kappa shape index (κ2) is 4.27. The van der Waals surface area contributed by atoms with Crippen LogP contribution in [0.15, 0.2) is 46.2 Å². The van der Waals surface area contributed by atoms with Crippen LogP contribution in [0.2, 0.25) is 0 Å². The van der Waals surface area contributed by atoms with Gasteiger partial charge in [0, 0.05) is 16.3 Å². The number of thiophene rings is 1. The minimum Gasteiger partial charge on any atom is -0.453 e. The van der Waals surface area contributed by atoms with E-state index in [1.807, 2.05) is 35.7 Å². The van der Waals surface area contributed by atoms with Crippen molar-refractivity contribution in [2.75, 3.05) is 0 Å². The Morgan fingerprint density at radius 3 is 2.76 bits per heavy atom. The van der Waals surface area contributed by atoms with Gasteiger partial charge in [0.15, 0.2) is 5.76 Å². The Balaban J connectivity index is 2.06. The molecule has 0 bridgehead atoms. The summed E-state index contributed by atoms with van der Waals surface area (Å²) in [6.07, 6.45) is 0. The standard InChI is InChI=1S/C13H7IO2S/c14-12-6-9(7-17-12)13(15)11-5-8-3-1-2-4-10(8)16-11/h1-7H. The van der Waals surface area contributed by atoms with Gasteiger partial charge in [0.25, 0.3) is 0 Å². The summed E-state index contributed by atoms with van der Waals surface area (Å²) >= 11 is 3.76. The summed E-state index contributed by atoms with van der Waals surface area (Å²) in [4.78, 5) is 12.1. The topological polar surface area (TPSA) is 30.2 Å². The molecule has 3 rings (SSSR count). The van der Waals surface area contributed by atoms with Crippen LogP contribution in [0, 0.1) is 2.88 Å². The van der Waals surface area contributed by atoms with E-state index < -0.39 is 0 Å². The molecule has 0 spiro atoms. The molecule has 0 saturated carbocycles. The van der Waals surface area contributed by atoms with Crippen LogP contribution in [0.1, 0.15) is 16.1 Å². The van der Waals surface area contributed by atoms with Gasteiger partial charge >= 0.3 is 0 Å². The number of carbonyl (C=O) groups excluding carboxylic acids is 1. The van der Waals surface area contributed by atoms with Crippen LogP contribution in [0.3, 0.4) is 0 Å². The monoisotopic (exact) mass is 354 g/mol. The zero-order valence-electron chi connectivity index (χ0n) is 8.64. The van der Waals surface area contributed by atoms with Crippen molar-refractivity contribution in [1.29, 1.82) is 0 Å². The fraction of sp³-hybridized carbons (Fsp3) is 0. The predicted octanol–water partition coefficient (Wildman–Crippen LogP) is 4.33. The van der Waals surface area contributed by atoms with Crippen molar-refractivity contribution < 1.29 is 9.21 Å². The van der Waals surface area contributed by atoms with Crippen molar-refractivity contribution in [1.82, 2.24) is 0 Å². The van der Waals surface area contributed by atoms with Gasteiger partial charge in [-0.3, -0.25) is 4.79 Å². The van der Waals surface area contributed by atoms with E-state index >= 15 is 0 Å². The molecule has 0 radical (unpaired) electrons. The highest BCUT2D eigenvalue weighted by Crippen LogP contribution is 2.24. The molecular weight excluding hydrogens is 347 g/mol. The van der Waals surface area contributed by atoms with Gasteiger partial charge in [0.05, 0.1) is 2.88 Å². The van der Waals surface area contributed by atoms with Crippen molar-refractivity contribution in [2.24, 2.45) is 0 Å².